The van der Waals surface area contributed by atoms with Gasteiger partial charge in [0.2, 0.25) is 0 Å². The molecule has 0 aliphatic carbocycles. The molecule has 7 nitrogen and oxygen atoms in total. The van der Waals surface area contributed by atoms with Crippen LogP contribution in [-0.4, -0.2) is 25.5 Å². The van der Waals surface area contributed by atoms with Crippen LogP contribution in [0.25, 0.3) is 0 Å². The van der Waals surface area contributed by atoms with Crippen LogP contribution in [0, 0.1) is 11.3 Å². The maximum atomic E-state index is 11.9. The van der Waals surface area contributed by atoms with Gasteiger partial charge in [0.05, 0.1) is 24.2 Å². The summed E-state index contributed by atoms with van der Waals surface area (Å²) in [5, 5.41) is 14.4. The number of nitrogens with zero attached hydrogens (tertiary/aromatic N) is 1. The molecule has 0 unspecified atom stereocenters. The van der Waals surface area contributed by atoms with Gasteiger partial charge in [0.15, 0.2) is 0 Å². The van der Waals surface area contributed by atoms with Gasteiger partial charge in [-0.1, -0.05) is 11.6 Å². The summed E-state index contributed by atoms with van der Waals surface area (Å²) in [6.45, 7) is 0.244. The van der Waals surface area contributed by atoms with E-state index in [2.05, 4.69) is 15.4 Å². The molecule has 116 valence electrons. The zero-order chi connectivity index (χ0) is 16.5. The lowest BCUT2D eigenvalue weighted by molar-refractivity contribution is -0.140. The predicted molar refractivity (Wildman–Crippen MR) is 82.8 cm³/mol. The van der Waals surface area contributed by atoms with Crippen molar-refractivity contribution in [3.05, 3.63) is 35.0 Å². The minimum absolute atomic E-state index is 0.122. The van der Waals surface area contributed by atoms with Gasteiger partial charge in [0.25, 0.3) is 5.91 Å². The van der Waals surface area contributed by atoms with Crippen LogP contribution < -0.4 is 16.4 Å². The van der Waals surface area contributed by atoms with Crippen molar-refractivity contribution in [2.24, 2.45) is 0 Å². The average Bonchev–Trinajstić information content (AvgIpc) is 2.49. The molecule has 0 heterocycles. The highest BCUT2D eigenvalue weighted by atomic mass is 35.5. The first kappa shape index (κ1) is 17.3. The zero-order valence-electron chi connectivity index (χ0n) is 11.9. The highest BCUT2D eigenvalue weighted by molar-refractivity contribution is 6.34. The third-order valence-corrected chi connectivity index (χ3v) is 2.87. The lowest BCUT2D eigenvalue weighted by atomic mass is 10.2. The second-order valence-corrected chi connectivity index (χ2v) is 4.55. The SMILES string of the molecule is COC(=O)CCN/C=C(/C#N)C(=O)Nc1ccc(N)cc1Cl. The number of methoxy groups -OCH3 is 1. The molecule has 0 saturated heterocycles. The number of halogens is 1. The number of benzene rings is 1. The van der Waals surface area contributed by atoms with Gasteiger partial charge in [-0.05, 0) is 18.2 Å². The van der Waals surface area contributed by atoms with Crippen LogP contribution >= 0.6 is 11.6 Å². The van der Waals surface area contributed by atoms with Gasteiger partial charge in [-0.3, -0.25) is 9.59 Å². The van der Waals surface area contributed by atoms with Crippen LogP contribution in [0.3, 0.4) is 0 Å². The van der Waals surface area contributed by atoms with Crippen molar-refractivity contribution in [1.82, 2.24) is 5.32 Å². The smallest absolute Gasteiger partial charge is 0.307 e. The number of anilines is 2. The first-order chi connectivity index (χ1) is 10.5. The summed E-state index contributed by atoms with van der Waals surface area (Å²) in [5.41, 5.74) is 6.20. The lowest BCUT2D eigenvalue weighted by Crippen LogP contribution is -2.18. The average molecular weight is 323 g/mol. The van der Waals surface area contributed by atoms with Gasteiger partial charge in [-0.25, -0.2) is 0 Å². The van der Waals surface area contributed by atoms with Gasteiger partial charge in [0.1, 0.15) is 11.6 Å². The Hall–Kier alpha value is -2.72. The van der Waals surface area contributed by atoms with E-state index >= 15 is 0 Å². The number of nitrogens with one attached hydrogen (secondary N) is 2. The Morgan fingerprint density at radius 3 is 2.82 bits per heavy atom. The fourth-order valence-corrected chi connectivity index (χ4v) is 1.66. The summed E-state index contributed by atoms with van der Waals surface area (Å²) < 4.78 is 4.46. The minimum atomic E-state index is -0.625. The summed E-state index contributed by atoms with van der Waals surface area (Å²) in [6.07, 6.45) is 1.35. The van der Waals surface area contributed by atoms with E-state index in [4.69, 9.17) is 22.6 Å². The third-order valence-electron chi connectivity index (χ3n) is 2.55. The van der Waals surface area contributed by atoms with Crippen LogP contribution in [0.5, 0.6) is 0 Å². The second-order valence-electron chi connectivity index (χ2n) is 4.14. The lowest BCUT2D eigenvalue weighted by Gasteiger charge is -2.07. The van der Waals surface area contributed by atoms with E-state index < -0.39 is 11.9 Å². The van der Waals surface area contributed by atoms with Crippen molar-refractivity contribution in [2.45, 2.75) is 6.42 Å². The summed E-state index contributed by atoms with van der Waals surface area (Å²) >= 11 is 5.93. The van der Waals surface area contributed by atoms with Gasteiger partial charge in [-0.2, -0.15) is 5.26 Å². The number of nitrogen functional groups attached to an aromatic ring is 1. The normalized spacial score (nSPS) is 10.5. The Bertz CT molecular complexity index is 637. The van der Waals surface area contributed by atoms with Crippen molar-refractivity contribution >= 4 is 34.9 Å². The van der Waals surface area contributed by atoms with E-state index in [0.29, 0.717) is 11.4 Å². The molecule has 22 heavy (non-hydrogen) atoms. The fraction of sp³-hybridized carbons (Fsp3) is 0.214. The second kappa shape index (κ2) is 8.54. The molecule has 0 radical (unpaired) electrons. The number of nitriles is 1. The Balaban J connectivity index is 2.64. The number of carbonyl (C=O) groups excluding carboxylic acids is 2. The summed E-state index contributed by atoms with van der Waals surface area (Å²) in [4.78, 5) is 22.9. The van der Waals surface area contributed by atoms with E-state index in [1.54, 1.807) is 12.1 Å². The van der Waals surface area contributed by atoms with E-state index in [1.165, 1.54) is 25.4 Å². The highest BCUT2D eigenvalue weighted by Gasteiger charge is 2.11. The molecule has 0 bridgehead atoms. The molecule has 1 rings (SSSR count). The summed E-state index contributed by atoms with van der Waals surface area (Å²) in [5.74, 6) is -1.02. The first-order valence-corrected chi connectivity index (χ1v) is 6.62. The number of ether oxygens (including phenoxy) is 1. The number of nitrogens with two attached hydrogens (primary N) is 1. The highest BCUT2D eigenvalue weighted by Crippen LogP contribution is 2.24. The number of hydrogen-bond acceptors (Lipinski definition) is 6. The quantitative estimate of drug-likeness (QED) is 0.240. The number of amides is 1. The molecule has 0 aliphatic heterocycles. The van der Waals surface area contributed by atoms with Gasteiger partial charge in [0, 0.05) is 18.4 Å². The maximum absolute atomic E-state index is 11.9. The van der Waals surface area contributed by atoms with Crippen LogP contribution in [0.4, 0.5) is 11.4 Å². The maximum Gasteiger partial charge on any atom is 0.307 e. The zero-order valence-corrected chi connectivity index (χ0v) is 12.6. The van der Waals surface area contributed by atoms with E-state index in [9.17, 15) is 9.59 Å². The van der Waals surface area contributed by atoms with Crippen molar-refractivity contribution in [3.63, 3.8) is 0 Å². The van der Waals surface area contributed by atoms with Crippen molar-refractivity contribution in [1.29, 1.82) is 5.26 Å². The fourth-order valence-electron chi connectivity index (χ4n) is 1.42. The molecule has 8 heteroatoms. The van der Waals surface area contributed by atoms with E-state index in [1.807, 2.05) is 0 Å². The topological polar surface area (TPSA) is 117 Å². The largest absolute Gasteiger partial charge is 0.469 e. The number of rotatable bonds is 6. The van der Waals surface area contributed by atoms with Crippen molar-refractivity contribution in [3.8, 4) is 6.07 Å². The summed E-state index contributed by atoms with van der Waals surface area (Å²) in [7, 11) is 1.28. The molecular weight excluding hydrogens is 308 g/mol. The van der Waals surface area contributed by atoms with Crippen LogP contribution in [0.15, 0.2) is 30.0 Å². The molecule has 0 spiro atoms. The molecule has 1 amide bonds. The molecule has 1 aromatic carbocycles. The van der Waals surface area contributed by atoms with Crippen LogP contribution in [-0.2, 0) is 14.3 Å². The third kappa shape index (κ3) is 5.34. The van der Waals surface area contributed by atoms with E-state index in [0.717, 1.165) is 0 Å². The number of esters is 1. The van der Waals surface area contributed by atoms with Gasteiger partial charge < -0.3 is 21.1 Å². The molecule has 1 aromatic rings. The first-order valence-electron chi connectivity index (χ1n) is 6.24. The standard InChI is InChI=1S/C14H15ClN4O3/c1-22-13(20)4-5-18-8-9(7-16)14(21)19-12-3-2-10(17)6-11(12)15/h2-3,6,8,18H,4-5,17H2,1H3,(H,19,21)/b9-8-. The van der Waals surface area contributed by atoms with Gasteiger partial charge in [-0.15, -0.1) is 0 Å². The monoisotopic (exact) mass is 322 g/mol. The van der Waals surface area contributed by atoms with Crippen LogP contribution in [0.1, 0.15) is 6.42 Å². The summed E-state index contributed by atoms with van der Waals surface area (Å²) in [6, 6.07) is 6.36. The molecule has 0 aliphatic rings. The molecule has 4 N–H and O–H groups in total. The van der Waals surface area contributed by atoms with E-state index in [-0.39, 0.29) is 23.6 Å². The Morgan fingerprint density at radius 1 is 1.50 bits per heavy atom. The van der Waals surface area contributed by atoms with Crippen LogP contribution in [0.2, 0.25) is 5.02 Å². The number of hydrogen-bond donors (Lipinski definition) is 3. The Kier molecular flexibility index (Phi) is 6.73. The molecular formula is C14H15ClN4O3. The van der Waals surface area contributed by atoms with Crippen molar-refractivity contribution < 1.29 is 14.3 Å². The number of carbonyl (C=O) groups is 2. The predicted octanol–water partition coefficient (Wildman–Crippen LogP) is 1.42. The Morgan fingerprint density at radius 2 is 2.23 bits per heavy atom. The minimum Gasteiger partial charge on any atom is -0.469 e. The van der Waals surface area contributed by atoms with Gasteiger partial charge >= 0.3 is 5.97 Å². The molecule has 0 fully saturated rings. The Labute approximate surface area is 132 Å². The van der Waals surface area contributed by atoms with Crippen molar-refractivity contribution in [2.75, 3.05) is 24.7 Å². The molecule has 0 aromatic heterocycles. The molecule has 0 saturated carbocycles. The molecule has 0 atom stereocenters.